The number of thioether (sulfide) groups is 1. The van der Waals surface area contributed by atoms with E-state index in [1.807, 2.05) is 13.8 Å². The van der Waals surface area contributed by atoms with E-state index >= 15 is 0 Å². The highest BCUT2D eigenvalue weighted by Gasteiger charge is 2.41. The summed E-state index contributed by atoms with van der Waals surface area (Å²) in [4.78, 5) is 42.3. The molecular formula is C22H24N4O5S. The van der Waals surface area contributed by atoms with Crippen LogP contribution in [0.3, 0.4) is 0 Å². The smallest absolute Gasteiger partial charge is 0.271 e. The number of nitro groups is 1. The van der Waals surface area contributed by atoms with Crippen molar-refractivity contribution in [2.24, 2.45) is 4.99 Å². The van der Waals surface area contributed by atoms with Crippen molar-refractivity contribution in [2.45, 2.75) is 38.0 Å². The fraction of sp³-hybridized carbons (Fsp3) is 0.318. The van der Waals surface area contributed by atoms with Gasteiger partial charge in [-0.05, 0) is 43.7 Å². The molecule has 9 nitrogen and oxygen atoms in total. The molecule has 2 aromatic rings. The molecule has 1 heterocycles. The first-order chi connectivity index (χ1) is 15.3. The standard InChI is InChI=1S/C22H24N4O5S/c1-4-14(2)25-21(28)19(32-22(25)24-15-8-10-18(31-3)11-9-15)13-20(27)23-16-6-5-7-17(12-16)26(29)30/h5-12,14,19H,4,13H2,1-3H3,(H,23,27). The molecule has 2 atom stereocenters. The van der Waals surface area contributed by atoms with Crippen molar-refractivity contribution >= 4 is 45.8 Å². The zero-order chi connectivity index (χ0) is 23.3. The first-order valence-electron chi connectivity index (χ1n) is 10.1. The average molecular weight is 457 g/mol. The quantitative estimate of drug-likeness (QED) is 0.466. The zero-order valence-corrected chi connectivity index (χ0v) is 18.8. The summed E-state index contributed by atoms with van der Waals surface area (Å²) in [6.07, 6.45) is 0.668. The van der Waals surface area contributed by atoms with Gasteiger partial charge in [-0.1, -0.05) is 24.8 Å². The van der Waals surface area contributed by atoms with Gasteiger partial charge in [-0.15, -0.1) is 0 Å². The Labute approximate surface area is 190 Å². The van der Waals surface area contributed by atoms with Crippen molar-refractivity contribution in [1.82, 2.24) is 4.90 Å². The van der Waals surface area contributed by atoms with E-state index in [1.165, 1.54) is 30.0 Å². The average Bonchev–Trinajstić information content (AvgIpc) is 3.08. The molecule has 1 N–H and O–H groups in total. The summed E-state index contributed by atoms with van der Waals surface area (Å²) in [6, 6.07) is 12.8. The monoisotopic (exact) mass is 456 g/mol. The number of non-ortho nitro benzene ring substituents is 1. The van der Waals surface area contributed by atoms with E-state index in [0.29, 0.717) is 22.3 Å². The van der Waals surface area contributed by atoms with Gasteiger partial charge >= 0.3 is 0 Å². The minimum Gasteiger partial charge on any atom is -0.497 e. The van der Waals surface area contributed by atoms with Gasteiger partial charge in [0.25, 0.3) is 5.69 Å². The highest BCUT2D eigenvalue weighted by atomic mass is 32.2. The van der Waals surface area contributed by atoms with Crippen LogP contribution in [0.2, 0.25) is 0 Å². The Kier molecular flexibility index (Phi) is 7.47. The number of nitrogens with zero attached hydrogens (tertiary/aromatic N) is 3. The number of benzene rings is 2. The third kappa shape index (κ3) is 5.44. The normalized spacial score (nSPS) is 18.0. The molecule has 2 amide bonds. The van der Waals surface area contributed by atoms with Gasteiger partial charge in [0.05, 0.1) is 17.7 Å². The van der Waals surface area contributed by atoms with Crippen LogP contribution in [0.25, 0.3) is 0 Å². The van der Waals surface area contributed by atoms with Crippen molar-refractivity contribution in [3.05, 3.63) is 58.6 Å². The van der Waals surface area contributed by atoms with E-state index in [4.69, 9.17) is 4.74 Å². The topological polar surface area (TPSA) is 114 Å². The summed E-state index contributed by atoms with van der Waals surface area (Å²) >= 11 is 1.25. The molecule has 0 bridgehead atoms. The Morgan fingerprint density at radius 1 is 1.31 bits per heavy atom. The largest absolute Gasteiger partial charge is 0.497 e. The molecule has 0 aromatic heterocycles. The summed E-state index contributed by atoms with van der Waals surface area (Å²) in [5.41, 5.74) is 0.868. The summed E-state index contributed by atoms with van der Waals surface area (Å²) < 4.78 is 5.16. The Morgan fingerprint density at radius 3 is 2.66 bits per heavy atom. The van der Waals surface area contributed by atoms with Crippen LogP contribution in [-0.2, 0) is 9.59 Å². The van der Waals surface area contributed by atoms with E-state index < -0.39 is 16.1 Å². The number of methoxy groups -OCH3 is 1. The molecule has 0 spiro atoms. The number of carbonyl (C=O) groups is 2. The molecule has 0 aliphatic carbocycles. The lowest BCUT2D eigenvalue weighted by atomic mass is 10.2. The molecule has 0 saturated carbocycles. The summed E-state index contributed by atoms with van der Waals surface area (Å²) in [5.74, 6) is 0.135. The number of carbonyl (C=O) groups excluding carboxylic acids is 2. The lowest BCUT2D eigenvalue weighted by molar-refractivity contribution is -0.384. The highest BCUT2D eigenvalue weighted by molar-refractivity contribution is 8.15. The fourth-order valence-corrected chi connectivity index (χ4v) is 4.37. The maximum Gasteiger partial charge on any atom is 0.271 e. The maximum absolute atomic E-state index is 13.1. The number of rotatable bonds is 8. The van der Waals surface area contributed by atoms with Crippen LogP contribution in [0.5, 0.6) is 5.75 Å². The first-order valence-corrected chi connectivity index (χ1v) is 11.0. The van der Waals surface area contributed by atoms with Gasteiger partial charge in [-0.2, -0.15) is 0 Å². The molecular weight excluding hydrogens is 432 g/mol. The second kappa shape index (κ2) is 10.3. The van der Waals surface area contributed by atoms with Crippen LogP contribution < -0.4 is 10.1 Å². The van der Waals surface area contributed by atoms with Crippen molar-refractivity contribution in [3.8, 4) is 5.75 Å². The number of nitrogens with one attached hydrogen (secondary N) is 1. The summed E-state index contributed by atoms with van der Waals surface area (Å²) in [6.45, 7) is 3.92. The molecule has 32 heavy (non-hydrogen) atoms. The number of hydrogen-bond donors (Lipinski definition) is 1. The molecule has 1 aliphatic heterocycles. The van der Waals surface area contributed by atoms with Crippen LogP contribution in [0.4, 0.5) is 17.1 Å². The molecule has 168 valence electrons. The second-order valence-corrected chi connectivity index (χ2v) is 8.39. The van der Waals surface area contributed by atoms with Gasteiger partial charge in [0.2, 0.25) is 11.8 Å². The van der Waals surface area contributed by atoms with Gasteiger partial charge in [-0.25, -0.2) is 4.99 Å². The Balaban J connectivity index is 1.76. The van der Waals surface area contributed by atoms with Gasteiger partial charge in [-0.3, -0.25) is 24.6 Å². The number of anilines is 1. The van der Waals surface area contributed by atoms with Gasteiger partial charge in [0.1, 0.15) is 11.0 Å². The third-order valence-electron chi connectivity index (χ3n) is 5.01. The minimum absolute atomic E-state index is 0.0687. The Morgan fingerprint density at radius 2 is 2.03 bits per heavy atom. The van der Waals surface area contributed by atoms with Gasteiger partial charge in [0.15, 0.2) is 5.17 Å². The molecule has 10 heteroatoms. The van der Waals surface area contributed by atoms with Gasteiger partial charge in [0, 0.05) is 30.3 Å². The van der Waals surface area contributed by atoms with Crippen LogP contribution in [0.1, 0.15) is 26.7 Å². The Bertz CT molecular complexity index is 1040. The molecule has 3 rings (SSSR count). The van der Waals surface area contributed by atoms with E-state index in [1.54, 1.807) is 42.3 Å². The summed E-state index contributed by atoms with van der Waals surface area (Å²) in [5, 5.41) is 13.5. The lowest BCUT2D eigenvalue weighted by Gasteiger charge is -2.23. The number of ether oxygens (including phenoxy) is 1. The number of amides is 2. The SMILES string of the molecule is CCC(C)N1C(=O)C(CC(=O)Nc2cccc([N+](=O)[O-])c2)SC1=Nc1ccc(OC)cc1. The van der Waals surface area contributed by atoms with E-state index in [0.717, 1.165) is 6.42 Å². The van der Waals surface area contributed by atoms with Crippen LogP contribution in [-0.4, -0.2) is 45.2 Å². The van der Waals surface area contributed by atoms with Crippen molar-refractivity contribution in [2.75, 3.05) is 12.4 Å². The summed E-state index contributed by atoms with van der Waals surface area (Å²) in [7, 11) is 1.58. The van der Waals surface area contributed by atoms with E-state index in [-0.39, 0.29) is 24.1 Å². The molecule has 2 aromatic carbocycles. The van der Waals surface area contributed by atoms with Crippen molar-refractivity contribution in [1.29, 1.82) is 0 Å². The van der Waals surface area contributed by atoms with Crippen LogP contribution >= 0.6 is 11.8 Å². The third-order valence-corrected chi connectivity index (χ3v) is 6.16. The number of nitro benzene ring substituents is 1. The van der Waals surface area contributed by atoms with Crippen LogP contribution in [0.15, 0.2) is 53.5 Å². The fourth-order valence-electron chi connectivity index (χ4n) is 3.13. The van der Waals surface area contributed by atoms with E-state index in [2.05, 4.69) is 10.3 Å². The predicted octanol–water partition coefficient (Wildman–Crippen LogP) is 4.36. The Hall–Kier alpha value is -3.40. The lowest BCUT2D eigenvalue weighted by Crippen LogP contribution is -2.39. The molecule has 1 aliphatic rings. The van der Waals surface area contributed by atoms with E-state index in [9.17, 15) is 19.7 Å². The molecule has 1 fully saturated rings. The molecule has 2 unspecified atom stereocenters. The highest BCUT2D eigenvalue weighted by Crippen LogP contribution is 2.34. The van der Waals surface area contributed by atoms with Gasteiger partial charge < -0.3 is 10.1 Å². The number of hydrogen-bond acceptors (Lipinski definition) is 7. The van der Waals surface area contributed by atoms with Crippen molar-refractivity contribution < 1.29 is 19.2 Å². The zero-order valence-electron chi connectivity index (χ0n) is 18.0. The minimum atomic E-state index is -0.625. The number of aliphatic imine (C=N–C) groups is 1. The number of amidine groups is 1. The predicted molar refractivity (Wildman–Crippen MR) is 124 cm³/mol. The maximum atomic E-state index is 13.1. The molecule has 0 radical (unpaired) electrons. The van der Waals surface area contributed by atoms with Crippen molar-refractivity contribution in [3.63, 3.8) is 0 Å². The molecule has 1 saturated heterocycles. The van der Waals surface area contributed by atoms with Crippen LogP contribution in [0, 0.1) is 10.1 Å². The first kappa shape index (κ1) is 23.3. The second-order valence-electron chi connectivity index (χ2n) is 7.22.